The molecule has 2 atom stereocenters. The van der Waals surface area contributed by atoms with Crippen LogP contribution < -0.4 is 0 Å². The molecule has 0 aliphatic heterocycles. The van der Waals surface area contributed by atoms with Crippen molar-refractivity contribution in [1.29, 1.82) is 0 Å². The first-order valence-electron chi connectivity index (χ1n) is 6.70. The number of alkyl halides is 3. The van der Waals surface area contributed by atoms with Gasteiger partial charge in [-0.15, -0.1) is 0 Å². The van der Waals surface area contributed by atoms with Crippen molar-refractivity contribution in [2.45, 2.75) is 37.8 Å². The van der Waals surface area contributed by atoms with Gasteiger partial charge >= 0.3 is 6.18 Å². The van der Waals surface area contributed by atoms with Crippen molar-refractivity contribution < 1.29 is 18.3 Å². The lowest BCUT2D eigenvalue weighted by Gasteiger charge is -2.31. The molecule has 1 heterocycles. The summed E-state index contributed by atoms with van der Waals surface area (Å²) in [6.45, 7) is 0. The van der Waals surface area contributed by atoms with Crippen LogP contribution in [0.15, 0.2) is 18.2 Å². The summed E-state index contributed by atoms with van der Waals surface area (Å²) in [6.07, 6.45) is -2.13. The van der Waals surface area contributed by atoms with Gasteiger partial charge in [-0.25, -0.2) is 4.98 Å². The number of benzene rings is 1. The molecule has 2 N–H and O–H groups in total. The quantitative estimate of drug-likeness (QED) is 0.828. The monoisotopic (exact) mass is 284 g/mol. The fourth-order valence-electron chi connectivity index (χ4n) is 3.04. The summed E-state index contributed by atoms with van der Waals surface area (Å²) >= 11 is 0. The van der Waals surface area contributed by atoms with Crippen molar-refractivity contribution in [1.82, 2.24) is 9.97 Å². The molecule has 1 aromatic carbocycles. The minimum absolute atomic E-state index is 0.0729. The molecule has 3 rings (SSSR count). The van der Waals surface area contributed by atoms with E-state index in [-0.39, 0.29) is 12.2 Å². The maximum Gasteiger partial charge on any atom is 0.392 e. The van der Waals surface area contributed by atoms with Crippen molar-refractivity contribution in [2.75, 3.05) is 0 Å². The average molecular weight is 284 g/mol. The highest BCUT2D eigenvalue weighted by Gasteiger charge is 2.46. The predicted molar refractivity (Wildman–Crippen MR) is 68.5 cm³/mol. The Labute approximate surface area is 113 Å². The van der Waals surface area contributed by atoms with Crippen LogP contribution in [0, 0.1) is 5.92 Å². The van der Waals surface area contributed by atoms with E-state index in [0.29, 0.717) is 29.7 Å². The molecule has 2 unspecified atom stereocenters. The first kappa shape index (κ1) is 13.3. The summed E-state index contributed by atoms with van der Waals surface area (Å²) in [5, 5.41) is 9.40. The van der Waals surface area contributed by atoms with E-state index in [1.807, 2.05) is 0 Å². The number of imidazole rings is 1. The van der Waals surface area contributed by atoms with Gasteiger partial charge in [-0.1, -0.05) is 12.8 Å². The maximum atomic E-state index is 13.1. The van der Waals surface area contributed by atoms with Gasteiger partial charge < -0.3 is 10.1 Å². The lowest BCUT2D eigenvalue weighted by Crippen LogP contribution is -2.32. The van der Waals surface area contributed by atoms with Gasteiger partial charge in [0.15, 0.2) is 0 Å². The molecular formula is C14H15F3N2O. The van der Waals surface area contributed by atoms with Crippen molar-refractivity contribution >= 4 is 11.0 Å². The van der Waals surface area contributed by atoms with Crippen LogP contribution in [0.3, 0.4) is 0 Å². The van der Waals surface area contributed by atoms with Gasteiger partial charge in [-0.2, -0.15) is 13.2 Å². The normalized spacial score (nSPS) is 24.1. The van der Waals surface area contributed by atoms with E-state index in [0.717, 1.165) is 6.42 Å². The van der Waals surface area contributed by atoms with E-state index in [1.54, 1.807) is 6.07 Å². The van der Waals surface area contributed by atoms with E-state index >= 15 is 0 Å². The fourth-order valence-corrected chi connectivity index (χ4v) is 3.04. The number of nitrogens with one attached hydrogen (secondary N) is 1. The minimum Gasteiger partial charge on any atom is -0.508 e. The van der Waals surface area contributed by atoms with Crippen molar-refractivity contribution in [3.8, 4) is 5.75 Å². The second-order valence-corrected chi connectivity index (χ2v) is 5.36. The molecular weight excluding hydrogens is 269 g/mol. The molecule has 1 aromatic heterocycles. The Morgan fingerprint density at radius 3 is 2.70 bits per heavy atom. The van der Waals surface area contributed by atoms with E-state index in [2.05, 4.69) is 9.97 Å². The topological polar surface area (TPSA) is 48.9 Å². The molecule has 0 saturated heterocycles. The first-order chi connectivity index (χ1) is 9.45. The van der Waals surface area contributed by atoms with Gasteiger partial charge in [-0.05, 0) is 25.0 Å². The zero-order chi connectivity index (χ0) is 14.3. The molecule has 6 heteroatoms. The number of hydrogen-bond acceptors (Lipinski definition) is 2. The van der Waals surface area contributed by atoms with E-state index in [4.69, 9.17) is 0 Å². The smallest absolute Gasteiger partial charge is 0.392 e. The van der Waals surface area contributed by atoms with Crippen LogP contribution in [0.1, 0.15) is 37.4 Å². The number of aromatic amines is 1. The van der Waals surface area contributed by atoms with Crippen molar-refractivity contribution in [3.63, 3.8) is 0 Å². The second-order valence-electron chi connectivity index (χ2n) is 5.36. The zero-order valence-electron chi connectivity index (χ0n) is 10.7. The van der Waals surface area contributed by atoms with Gasteiger partial charge in [0.2, 0.25) is 0 Å². The number of nitrogens with zero attached hydrogens (tertiary/aromatic N) is 1. The Bertz CT molecular complexity index is 620. The Morgan fingerprint density at radius 1 is 1.20 bits per heavy atom. The summed E-state index contributed by atoms with van der Waals surface area (Å²) in [7, 11) is 0. The third-order valence-electron chi connectivity index (χ3n) is 4.02. The number of aromatic nitrogens is 2. The molecule has 2 aromatic rings. The largest absolute Gasteiger partial charge is 0.508 e. The molecule has 1 fully saturated rings. The first-order valence-corrected chi connectivity index (χ1v) is 6.70. The number of phenols is 1. The number of H-pyrrole nitrogens is 1. The van der Waals surface area contributed by atoms with Gasteiger partial charge in [0, 0.05) is 12.0 Å². The summed E-state index contributed by atoms with van der Waals surface area (Å²) in [5.41, 5.74) is 1.16. The third-order valence-corrected chi connectivity index (χ3v) is 4.02. The SMILES string of the molecule is Oc1ccc2nc(C3CCCCC3C(F)(F)F)[nH]c2c1. The number of halogens is 3. The fraction of sp³-hybridized carbons (Fsp3) is 0.500. The second kappa shape index (κ2) is 4.68. The van der Waals surface area contributed by atoms with E-state index in [1.165, 1.54) is 12.1 Å². The van der Waals surface area contributed by atoms with Crippen LogP contribution in [0.2, 0.25) is 0 Å². The lowest BCUT2D eigenvalue weighted by atomic mass is 9.78. The van der Waals surface area contributed by atoms with E-state index in [9.17, 15) is 18.3 Å². The van der Waals surface area contributed by atoms with Crippen LogP contribution >= 0.6 is 0 Å². The Kier molecular flexibility index (Phi) is 3.11. The predicted octanol–water partition coefficient (Wildman–Crippen LogP) is 4.10. The van der Waals surface area contributed by atoms with Crippen LogP contribution in [0.25, 0.3) is 11.0 Å². The lowest BCUT2D eigenvalue weighted by molar-refractivity contribution is -0.187. The van der Waals surface area contributed by atoms with Crippen molar-refractivity contribution in [3.05, 3.63) is 24.0 Å². The van der Waals surface area contributed by atoms with Gasteiger partial charge in [0.05, 0.1) is 17.0 Å². The molecule has 1 aliphatic rings. The highest BCUT2D eigenvalue weighted by Crippen LogP contribution is 2.45. The Hall–Kier alpha value is -1.72. The number of fused-ring (bicyclic) bond motifs is 1. The highest BCUT2D eigenvalue weighted by molar-refractivity contribution is 5.76. The zero-order valence-corrected chi connectivity index (χ0v) is 10.7. The van der Waals surface area contributed by atoms with Gasteiger partial charge in [0.1, 0.15) is 11.6 Å². The minimum atomic E-state index is -4.19. The van der Waals surface area contributed by atoms with Crippen LogP contribution in [-0.2, 0) is 0 Å². The third kappa shape index (κ3) is 2.34. The summed E-state index contributed by atoms with van der Waals surface area (Å²) in [5.74, 6) is -1.49. The highest BCUT2D eigenvalue weighted by atomic mass is 19.4. The summed E-state index contributed by atoms with van der Waals surface area (Å²) < 4.78 is 39.3. The van der Waals surface area contributed by atoms with Crippen molar-refractivity contribution in [2.24, 2.45) is 5.92 Å². The Morgan fingerprint density at radius 2 is 1.95 bits per heavy atom. The maximum absolute atomic E-state index is 13.1. The van der Waals surface area contributed by atoms with Crippen LogP contribution in [0.4, 0.5) is 13.2 Å². The summed E-state index contributed by atoms with van der Waals surface area (Å²) in [6, 6.07) is 4.57. The molecule has 0 bridgehead atoms. The molecule has 0 radical (unpaired) electrons. The van der Waals surface area contributed by atoms with Crippen LogP contribution in [0.5, 0.6) is 5.75 Å². The van der Waals surface area contributed by atoms with E-state index < -0.39 is 18.0 Å². The molecule has 0 spiro atoms. The van der Waals surface area contributed by atoms with Crippen LogP contribution in [-0.4, -0.2) is 21.3 Å². The Balaban J connectivity index is 1.99. The molecule has 20 heavy (non-hydrogen) atoms. The average Bonchev–Trinajstić information content (AvgIpc) is 2.80. The number of rotatable bonds is 1. The molecule has 1 saturated carbocycles. The molecule has 0 amide bonds. The number of aromatic hydroxyl groups is 1. The van der Waals surface area contributed by atoms with Gasteiger partial charge in [-0.3, -0.25) is 0 Å². The standard InChI is InChI=1S/C14H15F3N2O/c15-14(16,17)10-4-2-1-3-9(10)13-18-11-6-5-8(20)7-12(11)19-13/h5-7,9-10,20H,1-4H2,(H,18,19). The number of phenolic OH excluding ortho intramolecular Hbond substituents is 1. The summed E-state index contributed by atoms with van der Waals surface area (Å²) in [4.78, 5) is 7.21. The van der Waals surface area contributed by atoms with Gasteiger partial charge in [0.25, 0.3) is 0 Å². The number of hydrogen-bond donors (Lipinski definition) is 2. The molecule has 1 aliphatic carbocycles. The molecule has 3 nitrogen and oxygen atoms in total. The molecule has 108 valence electrons.